The Bertz CT molecular complexity index is 734. The third-order valence-corrected chi connectivity index (χ3v) is 3.46. The van der Waals surface area contributed by atoms with Crippen molar-refractivity contribution in [2.45, 2.75) is 26.8 Å². The molecule has 4 nitrogen and oxygen atoms in total. The van der Waals surface area contributed by atoms with E-state index < -0.39 is 0 Å². The van der Waals surface area contributed by atoms with E-state index >= 15 is 0 Å². The Morgan fingerprint density at radius 3 is 2.68 bits per heavy atom. The fourth-order valence-corrected chi connectivity index (χ4v) is 2.44. The fraction of sp³-hybridized carbons (Fsp3) is 0.267. The SMILES string of the molecule is Cc1ccc2c(-c3ncc(C(C)N)[nH]3)c(C)[nH]c2c1. The molecule has 98 valence electrons. The molecule has 0 saturated carbocycles. The quantitative estimate of drug-likeness (QED) is 0.657. The normalized spacial score (nSPS) is 13.1. The Labute approximate surface area is 112 Å². The van der Waals surface area contributed by atoms with Gasteiger partial charge in [-0.15, -0.1) is 0 Å². The highest BCUT2D eigenvalue weighted by atomic mass is 14.9. The molecule has 1 aromatic carbocycles. The zero-order valence-electron chi connectivity index (χ0n) is 11.4. The first-order valence-electron chi connectivity index (χ1n) is 6.46. The fourth-order valence-electron chi connectivity index (χ4n) is 2.44. The standard InChI is InChI=1S/C15H18N4/c1-8-4-5-11-12(6-8)18-10(3)14(11)15-17-7-13(19-15)9(2)16/h4-7,9,18H,16H2,1-3H3,(H,17,19). The van der Waals surface area contributed by atoms with Gasteiger partial charge in [0.2, 0.25) is 0 Å². The van der Waals surface area contributed by atoms with Crippen LogP contribution in [0.25, 0.3) is 22.3 Å². The second-order valence-corrected chi connectivity index (χ2v) is 5.15. The molecule has 2 aromatic heterocycles. The number of H-pyrrole nitrogens is 2. The molecule has 1 unspecified atom stereocenters. The molecule has 19 heavy (non-hydrogen) atoms. The Morgan fingerprint density at radius 1 is 1.21 bits per heavy atom. The predicted molar refractivity (Wildman–Crippen MR) is 78.0 cm³/mol. The summed E-state index contributed by atoms with van der Waals surface area (Å²) in [5.74, 6) is 0.875. The second kappa shape index (κ2) is 4.24. The van der Waals surface area contributed by atoms with Crippen molar-refractivity contribution in [3.63, 3.8) is 0 Å². The number of hydrogen-bond donors (Lipinski definition) is 3. The maximum Gasteiger partial charge on any atom is 0.139 e. The first-order chi connectivity index (χ1) is 9.06. The van der Waals surface area contributed by atoms with Crippen LogP contribution >= 0.6 is 0 Å². The number of aromatic nitrogens is 3. The monoisotopic (exact) mass is 254 g/mol. The zero-order chi connectivity index (χ0) is 13.6. The summed E-state index contributed by atoms with van der Waals surface area (Å²) in [6.07, 6.45) is 1.81. The van der Waals surface area contributed by atoms with Crippen LogP contribution in [-0.4, -0.2) is 15.0 Å². The zero-order valence-corrected chi connectivity index (χ0v) is 11.4. The Morgan fingerprint density at radius 2 is 2.00 bits per heavy atom. The molecule has 4 N–H and O–H groups in total. The molecular formula is C15H18N4. The van der Waals surface area contributed by atoms with Gasteiger partial charge in [-0.25, -0.2) is 4.98 Å². The topological polar surface area (TPSA) is 70.5 Å². The molecule has 1 atom stereocenters. The minimum Gasteiger partial charge on any atom is -0.358 e. The number of rotatable bonds is 2. The van der Waals surface area contributed by atoms with Gasteiger partial charge in [0.15, 0.2) is 0 Å². The summed E-state index contributed by atoms with van der Waals surface area (Å²) in [6.45, 7) is 6.11. The summed E-state index contributed by atoms with van der Waals surface area (Å²) in [5, 5.41) is 1.19. The maximum atomic E-state index is 5.87. The van der Waals surface area contributed by atoms with Crippen molar-refractivity contribution >= 4 is 10.9 Å². The summed E-state index contributed by atoms with van der Waals surface area (Å²) < 4.78 is 0. The van der Waals surface area contributed by atoms with E-state index in [9.17, 15) is 0 Å². The molecule has 0 radical (unpaired) electrons. The van der Waals surface area contributed by atoms with Gasteiger partial charge in [0.05, 0.1) is 11.9 Å². The van der Waals surface area contributed by atoms with E-state index in [-0.39, 0.29) is 6.04 Å². The van der Waals surface area contributed by atoms with Crippen molar-refractivity contribution in [3.05, 3.63) is 41.3 Å². The highest BCUT2D eigenvalue weighted by Gasteiger charge is 2.14. The molecule has 0 fully saturated rings. The number of nitrogens with one attached hydrogen (secondary N) is 2. The molecule has 0 spiro atoms. The highest BCUT2D eigenvalue weighted by molar-refractivity contribution is 5.96. The molecule has 3 aromatic rings. The molecule has 3 rings (SSSR count). The van der Waals surface area contributed by atoms with E-state index in [0.717, 1.165) is 28.3 Å². The van der Waals surface area contributed by atoms with Crippen LogP contribution in [0, 0.1) is 13.8 Å². The number of benzene rings is 1. The molecule has 0 aliphatic rings. The number of nitrogens with zero attached hydrogens (tertiary/aromatic N) is 1. The Kier molecular flexibility index (Phi) is 2.68. The molecule has 0 amide bonds. The van der Waals surface area contributed by atoms with E-state index in [0.29, 0.717) is 0 Å². The maximum absolute atomic E-state index is 5.87. The molecule has 0 aliphatic heterocycles. The van der Waals surface area contributed by atoms with Crippen LogP contribution in [0.4, 0.5) is 0 Å². The van der Waals surface area contributed by atoms with Crippen molar-refractivity contribution in [2.24, 2.45) is 5.73 Å². The minimum absolute atomic E-state index is 0.0333. The summed E-state index contributed by atoms with van der Waals surface area (Å²) >= 11 is 0. The van der Waals surface area contributed by atoms with E-state index in [2.05, 4.69) is 47.0 Å². The van der Waals surface area contributed by atoms with Gasteiger partial charge in [-0.3, -0.25) is 0 Å². The molecule has 0 saturated heterocycles. The van der Waals surface area contributed by atoms with E-state index in [1.165, 1.54) is 10.9 Å². The second-order valence-electron chi connectivity index (χ2n) is 5.15. The van der Waals surface area contributed by atoms with Gasteiger partial charge in [-0.2, -0.15) is 0 Å². The van der Waals surface area contributed by atoms with E-state index in [1.54, 1.807) is 0 Å². The van der Waals surface area contributed by atoms with Crippen molar-refractivity contribution in [1.82, 2.24) is 15.0 Å². The first-order valence-corrected chi connectivity index (χ1v) is 6.46. The summed E-state index contributed by atoms with van der Waals surface area (Å²) in [4.78, 5) is 11.2. The number of nitrogens with two attached hydrogens (primary N) is 1. The molecule has 4 heteroatoms. The summed E-state index contributed by atoms with van der Waals surface area (Å²) in [5.41, 5.74) is 11.5. The van der Waals surface area contributed by atoms with Gasteiger partial charge < -0.3 is 15.7 Å². The third-order valence-electron chi connectivity index (χ3n) is 3.46. The van der Waals surface area contributed by atoms with Gasteiger partial charge in [-0.05, 0) is 32.4 Å². The van der Waals surface area contributed by atoms with Crippen LogP contribution in [0.5, 0.6) is 0 Å². The van der Waals surface area contributed by atoms with E-state index in [1.807, 2.05) is 13.1 Å². The number of hydrogen-bond acceptors (Lipinski definition) is 2. The van der Waals surface area contributed by atoms with Gasteiger partial charge in [0.1, 0.15) is 5.82 Å². The first kappa shape index (κ1) is 12.0. The smallest absolute Gasteiger partial charge is 0.139 e. The van der Waals surface area contributed by atoms with Crippen LogP contribution in [0.3, 0.4) is 0 Å². The average Bonchev–Trinajstić information content (AvgIpc) is 2.91. The van der Waals surface area contributed by atoms with Gasteiger partial charge >= 0.3 is 0 Å². The van der Waals surface area contributed by atoms with Gasteiger partial charge in [0, 0.05) is 28.2 Å². The van der Waals surface area contributed by atoms with Crippen molar-refractivity contribution in [3.8, 4) is 11.4 Å². The van der Waals surface area contributed by atoms with Crippen LogP contribution in [-0.2, 0) is 0 Å². The number of fused-ring (bicyclic) bond motifs is 1. The van der Waals surface area contributed by atoms with Crippen LogP contribution in [0.15, 0.2) is 24.4 Å². The van der Waals surface area contributed by atoms with Crippen molar-refractivity contribution in [2.75, 3.05) is 0 Å². The predicted octanol–water partition coefficient (Wildman–Crippen LogP) is 3.19. The average molecular weight is 254 g/mol. The number of imidazole rings is 1. The van der Waals surface area contributed by atoms with Crippen molar-refractivity contribution in [1.29, 1.82) is 0 Å². The molecule has 2 heterocycles. The minimum atomic E-state index is -0.0333. The lowest BCUT2D eigenvalue weighted by Crippen LogP contribution is -2.04. The molecule has 0 bridgehead atoms. The van der Waals surface area contributed by atoms with Crippen molar-refractivity contribution < 1.29 is 0 Å². The number of aromatic amines is 2. The van der Waals surface area contributed by atoms with Gasteiger partial charge in [-0.1, -0.05) is 12.1 Å². The summed E-state index contributed by atoms with van der Waals surface area (Å²) in [6, 6.07) is 6.38. The Balaban J connectivity index is 2.20. The van der Waals surface area contributed by atoms with Crippen LogP contribution in [0.2, 0.25) is 0 Å². The lowest BCUT2D eigenvalue weighted by Gasteiger charge is -2.00. The largest absolute Gasteiger partial charge is 0.358 e. The van der Waals surface area contributed by atoms with Crippen LogP contribution in [0.1, 0.15) is 29.9 Å². The summed E-state index contributed by atoms with van der Waals surface area (Å²) in [7, 11) is 0. The van der Waals surface area contributed by atoms with Crippen LogP contribution < -0.4 is 5.73 Å². The lowest BCUT2D eigenvalue weighted by molar-refractivity contribution is 0.789. The molecular weight excluding hydrogens is 236 g/mol. The molecule has 0 aliphatic carbocycles. The Hall–Kier alpha value is -2.07. The highest BCUT2D eigenvalue weighted by Crippen LogP contribution is 2.31. The van der Waals surface area contributed by atoms with Gasteiger partial charge in [0.25, 0.3) is 0 Å². The lowest BCUT2D eigenvalue weighted by atomic mass is 10.1. The number of aryl methyl sites for hydroxylation is 2. The third kappa shape index (κ3) is 1.94. The van der Waals surface area contributed by atoms with E-state index in [4.69, 9.17) is 5.73 Å².